The second kappa shape index (κ2) is 10.6. The lowest BCUT2D eigenvalue weighted by molar-refractivity contribution is -0.384. The van der Waals surface area contributed by atoms with E-state index in [9.17, 15) is 24.8 Å². The summed E-state index contributed by atoms with van der Waals surface area (Å²) in [5.41, 5.74) is 1.90. The predicted octanol–water partition coefficient (Wildman–Crippen LogP) is 3.67. The van der Waals surface area contributed by atoms with Crippen LogP contribution in [0.3, 0.4) is 0 Å². The van der Waals surface area contributed by atoms with Gasteiger partial charge in [0.15, 0.2) is 0 Å². The lowest BCUT2D eigenvalue weighted by Crippen LogP contribution is -2.63. The van der Waals surface area contributed by atoms with Crippen molar-refractivity contribution in [2.45, 2.75) is 44.0 Å². The second-order valence-electron chi connectivity index (χ2n) is 9.82. The van der Waals surface area contributed by atoms with Gasteiger partial charge in [-0.05, 0) is 43.7 Å². The molecule has 3 aliphatic rings. The Morgan fingerprint density at radius 2 is 2.11 bits per heavy atom. The third-order valence-electron chi connectivity index (χ3n) is 7.13. The highest BCUT2D eigenvalue weighted by Gasteiger charge is 2.60. The fourth-order valence-electron chi connectivity index (χ4n) is 5.19. The van der Waals surface area contributed by atoms with E-state index >= 15 is 0 Å². The number of ether oxygens (including phenoxy) is 1. The molecular formula is C26H28N4O6S2. The van der Waals surface area contributed by atoms with Gasteiger partial charge in [-0.25, -0.2) is 9.78 Å². The summed E-state index contributed by atoms with van der Waals surface area (Å²) in [5, 5.41) is 24.8. The first kappa shape index (κ1) is 26.5. The number of benzene rings is 1. The van der Waals surface area contributed by atoms with E-state index in [0.29, 0.717) is 10.5 Å². The number of nitro groups is 1. The molecule has 1 saturated heterocycles. The molecule has 0 radical (unpaired) electrons. The molecule has 5 rings (SSSR count). The fraction of sp³-hybridized carbons (Fsp3) is 0.423. The molecule has 0 aliphatic carbocycles. The van der Waals surface area contributed by atoms with Crippen molar-refractivity contribution in [3.05, 3.63) is 67.0 Å². The van der Waals surface area contributed by atoms with E-state index in [-0.39, 0.29) is 35.9 Å². The highest BCUT2D eigenvalue weighted by atomic mass is 32.2. The summed E-state index contributed by atoms with van der Waals surface area (Å²) in [5.74, 6) is -1.73. The molecule has 4 heterocycles. The Morgan fingerprint density at radius 3 is 2.76 bits per heavy atom. The molecule has 0 unspecified atom stereocenters. The van der Waals surface area contributed by atoms with Crippen molar-refractivity contribution in [2.75, 3.05) is 20.1 Å². The van der Waals surface area contributed by atoms with E-state index in [1.54, 1.807) is 18.3 Å². The monoisotopic (exact) mass is 556 g/mol. The smallest absolute Gasteiger partial charge is 0.356 e. The number of likely N-dealkylation sites (N-methyl/N-ethyl adjacent to an activating group) is 1. The van der Waals surface area contributed by atoms with Crippen molar-refractivity contribution < 1.29 is 24.4 Å². The van der Waals surface area contributed by atoms with Crippen LogP contribution >= 0.6 is 23.1 Å². The topological polar surface area (TPSA) is 126 Å². The lowest BCUT2D eigenvalue weighted by atomic mass is 9.79. The van der Waals surface area contributed by atoms with E-state index < -0.39 is 22.9 Å². The summed E-state index contributed by atoms with van der Waals surface area (Å²) in [6, 6.07) is 5.43. The number of fused-ring (bicyclic) bond motifs is 1. The molecule has 38 heavy (non-hydrogen) atoms. The van der Waals surface area contributed by atoms with Gasteiger partial charge in [0.25, 0.3) is 5.69 Å². The summed E-state index contributed by atoms with van der Waals surface area (Å²) < 4.78 is 5.57. The number of thiazole rings is 1. The number of non-ortho nitro benzene ring substituents is 1. The van der Waals surface area contributed by atoms with Gasteiger partial charge in [-0.3, -0.25) is 14.9 Å². The number of hydrogen-bond acceptors (Lipinski definition) is 10. The predicted molar refractivity (Wildman–Crippen MR) is 143 cm³/mol. The number of nitro benzene ring substituents is 1. The van der Waals surface area contributed by atoms with Crippen LogP contribution in [-0.2, 0) is 20.9 Å². The standard InChI is InChI=1S/C26H28N4O6S2/c1-14-21-20(15(2)31)25(32)29(21)22(26(33)36-12-16-6-8-18(9-7-16)30(34)35)23(14)38-19-13-37-24(27-19)17-5-4-10-28(3)11-17/h5-9,13-15,20-21,31H,4,10-12H2,1-3H3/t14-,15-,20-,21-/m1/s1. The van der Waals surface area contributed by atoms with Crippen LogP contribution in [0.4, 0.5) is 5.69 Å². The fourth-order valence-corrected chi connectivity index (χ4v) is 7.27. The van der Waals surface area contributed by atoms with Gasteiger partial charge in [0.05, 0.1) is 23.0 Å². The molecule has 0 saturated carbocycles. The van der Waals surface area contributed by atoms with Crippen molar-refractivity contribution in [1.29, 1.82) is 0 Å². The highest BCUT2D eigenvalue weighted by molar-refractivity contribution is 8.03. The molecule has 0 spiro atoms. The van der Waals surface area contributed by atoms with Gasteiger partial charge in [-0.1, -0.05) is 24.8 Å². The minimum Gasteiger partial charge on any atom is -0.456 e. The molecule has 4 atom stereocenters. The van der Waals surface area contributed by atoms with Crippen LogP contribution in [0.5, 0.6) is 0 Å². The van der Waals surface area contributed by atoms with Crippen molar-refractivity contribution in [2.24, 2.45) is 11.8 Å². The van der Waals surface area contributed by atoms with Crippen molar-refractivity contribution in [3.8, 4) is 0 Å². The van der Waals surface area contributed by atoms with Gasteiger partial charge < -0.3 is 19.6 Å². The SMILES string of the molecule is C[C@@H](O)[C@H]1C(=O)N2C(C(=O)OCc3ccc([N+](=O)[O-])cc3)=C(Sc3csc(C4=CCCN(C)C4)n3)[C@H](C)[C@H]12. The molecule has 200 valence electrons. The first-order valence-corrected chi connectivity index (χ1v) is 14.0. The number of rotatable bonds is 8. The van der Waals surface area contributed by atoms with Gasteiger partial charge in [0.2, 0.25) is 5.91 Å². The minimum atomic E-state index is -0.839. The number of aromatic nitrogens is 1. The maximum Gasteiger partial charge on any atom is 0.356 e. The van der Waals surface area contributed by atoms with E-state index in [0.717, 1.165) is 29.5 Å². The van der Waals surface area contributed by atoms with Crippen LogP contribution in [0.15, 0.2) is 51.3 Å². The molecule has 1 fully saturated rings. The molecular weight excluding hydrogens is 528 g/mol. The number of β-lactam (4-membered cyclic amide) rings is 1. The second-order valence-corrected chi connectivity index (χ2v) is 11.7. The van der Waals surface area contributed by atoms with Crippen LogP contribution in [0.25, 0.3) is 5.57 Å². The number of thioether (sulfide) groups is 1. The lowest BCUT2D eigenvalue weighted by Gasteiger charge is -2.46. The van der Waals surface area contributed by atoms with Crippen molar-refractivity contribution >= 4 is 46.2 Å². The Morgan fingerprint density at radius 1 is 1.37 bits per heavy atom. The summed E-state index contributed by atoms with van der Waals surface area (Å²) in [6.07, 6.45) is 2.35. The molecule has 3 aliphatic heterocycles. The highest BCUT2D eigenvalue weighted by Crippen LogP contribution is 2.52. The summed E-state index contributed by atoms with van der Waals surface area (Å²) >= 11 is 2.91. The zero-order valence-corrected chi connectivity index (χ0v) is 22.8. The van der Waals surface area contributed by atoms with E-state index in [2.05, 4.69) is 18.0 Å². The van der Waals surface area contributed by atoms with E-state index in [1.807, 2.05) is 12.3 Å². The quantitative estimate of drug-likeness (QED) is 0.224. The maximum absolute atomic E-state index is 13.4. The Labute approximate surface area is 228 Å². The number of carbonyl (C=O) groups is 2. The van der Waals surface area contributed by atoms with E-state index in [1.165, 1.54) is 46.5 Å². The van der Waals surface area contributed by atoms with Crippen LogP contribution < -0.4 is 0 Å². The zero-order chi connectivity index (χ0) is 27.1. The third-order valence-corrected chi connectivity index (χ3v) is 9.40. The van der Waals surface area contributed by atoms with Gasteiger partial charge in [0, 0.05) is 41.4 Å². The van der Waals surface area contributed by atoms with Crippen LogP contribution in [0.1, 0.15) is 30.8 Å². The van der Waals surface area contributed by atoms with Gasteiger partial charge in [-0.2, -0.15) is 0 Å². The molecule has 1 aromatic carbocycles. The number of aliphatic hydroxyl groups excluding tert-OH is 1. The number of hydrogen-bond donors (Lipinski definition) is 1. The third kappa shape index (κ3) is 4.89. The average Bonchev–Trinajstić information content (AvgIpc) is 3.44. The van der Waals surface area contributed by atoms with E-state index in [4.69, 9.17) is 9.72 Å². The first-order chi connectivity index (χ1) is 18.2. The molecule has 10 nitrogen and oxygen atoms in total. The zero-order valence-electron chi connectivity index (χ0n) is 21.2. The number of amides is 1. The van der Waals surface area contributed by atoms with Gasteiger partial charge in [-0.15, -0.1) is 11.3 Å². The molecule has 0 bridgehead atoms. The van der Waals surface area contributed by atoms with Crippen molar-refractivity contribution in [3.63, 3.8) is 0 Å². The number of aliphatic hydroxyl groups is 1. The number of esters is 1. The van der Waals surface area contributed by atoms with Crippen LogP contribution in [0.2, 0.25) is 0 Å². The molecule has 1 amide bonds. The average molecular weight is 557 g/mol. The molecule has 1 aromatic heterocycles. The van der Waals surface area contributed by atoms with Crippen molar-refractivity contribution in [1.82, 2.24) is 14.8 Å². The summed E-state index contributed by atoms with van der Waals surface area (Å²) in [4.78, 5) is 45.9. The molecule has 1 N–H and O–H groups in total. The largest absolute Gasteiger partial charge is 0.456 e. The number of carbonyl (C=O) groups excluding carboxylic acids is 2. The summed E-state index contributed by atoms with van der Waals surface area (Å²) in [7, 11) is 2.08. The normalized spacial score (nSPS) is 24.1. The molecule has 12 heteroatoms. The first-order valence-electron chi connectivity index (χ1n) is 12.3. The van der Waals surface area contributed by atoms with Gasteiger partial charge in [0.1, 0.15) is 22.3 Å². The molecule has 2 aromatic rings. The Hall–Kier alpha value is -3.06. The maximum atomic E-state index is 13.4. The Kier molecular flexibility index (Phi) is 7.40. The van der Waals surface area contributed by atoms with Crippen LogP contribution in [-0.4, -0.2) is 69.0 Å². The minimum absolute atomic E-state index is 0.0532. The van der Waals surface area contributed by atoms with Crippen LogP contribution in [0, 0.1) is 22.0 Å². The Balaban J connectivity index is 1.39. The summed E-state index contributed by atoms with van der Waals surface area (Å²) in [6.45, 7) is 5.29. The Bertz CT molecular complexity index is 1340. The van der Waals surface area contributed by atoms with Gasteiger partial charge >= 0.3 is 5.97 Å². The number of nitrogens with zero attached hydrogens (tertiary/aromatic N) is 4.